The number of carbonyl (C=O) groups excluding carboxylic acids is 4. The molecule has 2 saturated heterocycles. The van der Waals surface area contributed by atoms with Gasteiger partial charge in [0.25, 0.3) is 5.91 Å². The molecule has 4 atom stereocenters. The summed E-state index contributed by atoms with van der Waals surface area (Å²) in [4.78, 5) is 64.0. The first-order valence-corrected chi connectivity index (χ1v) is 17.2. The van der Waals surface area contributed by atoms with Crippen molar-refractivity contribution in [1.29, 1.82) is 0 Å². The molecule has 5 fully saturated rings. The van der Waals surface area contributed by atoms with E-state index in [0.29, 0.717) is 45.1 Å². The van der Waals surface area contributed by atoms with E-state index in [9.17, 15) is 19.2 Å². The Balaban J connectivity index is 1.23. The molecule has 3 amide bonds. The Kier molecular flexibility index (Phi) is 8.66. The summed E-state index contributed by atoms with van der Waals surface area (Å²) in [6.07, 6.45) is 10.6. The normalized spacial score (nSPS) is 28.0. The number of anilines is 1. The van der Waals surface area contributed by atoms with Crippen molar-refractivity contribution in [1.82, 2.24) is 31.0 Å². The minimum atomic E-state index is -1.05. The Hall–Kier alpha value is -3.16. The fourth-order valence-electron chi connectivity index (χ4n) is 9.04. The molecule has 1 unspecified atom stereocenters. The maximum absolute atomic E-state index is 14.8. The van der Waals surface area contributed by atoms with Crippen LogP contribution in [0, 0.1) is 27.6 Å². The predicted molar refractivity (Wildman–Crippen MR) is 174 cm³/mol. The average molecular weight is 653 g/mol. The topological polar surface area (TPSA) is 181 Å². The highest BCUT2D eigenvalue weighted by Crippen LogP contribution is 2.88. The molecule has 3 heterocycles. The summed E-state index contributed by atoms with van der Waals surface area (Å²) in [7, 11) is 0. The van der Waals surface area contributed by atoms with Crippen LogP contribution in [0.4, 0.5) is 5.95 Å². The largest absolute Gasteiger partial charge is 0.377 e. The second-order valence-corrected chi connectivity index (χ2v) is 16.4. The van der Waals surface area contributed by atoms with Crippen LogP contribution in [0.5, 0.6) is 0 Å². The van der Waals surface area contributed by atoms with Gasteiger partial charge in [0.1, 0.15) is 12.1 Å². The van der Waals surface area contributed by atoms with Gasteiger partial charge < -0.3 is 26.0 Å². The summed E-state index contributed by atoms with van der Waals surface area (Å²) in [5, 5.41) is 6.16. The van der Waals surface area contributed by atoms with Crippen LogP contribution >= 0.6 is 0 Å². The number of nitrogens with zero attached hydrogens (tertiary/aromatic N) is 3. The molecule has 0 radical (unpaired) electrons. The lowest BCUT2D eigenvalue weighted by Crippen LogP contribution is -2.71. The van der Waals surface area contributed by atoms with E-state index in [4.69, 9.17) is 10.5 Å². The van der Waals surface area contributed by atoms with E-state index in [1.54, 1.807) is 23.4 Å². The molecule has 1 aromatic rings. The first-order valence-electron chi connectivity index (χ1n) is 17.2. The van der Waals surface area contributed by atoms with Crippen molar-refractivity contribution in [3.05, 3.63) is 18.5 Å². The highest BCUT2D eigenvalue weighted by atomic mass is 16.5. The zero-order chi connectivity index (χ0) is 33.8. The molecule has 13 nitrogen and oxygen atoms in total. The average Bonchev–Trinajstić information content (AvgIpc) is 3.18. The summed E-state index contributed by atoms with van der Waals surface area (Å²) in [5.41, 5.74) is 11.0. The summed E-state index contributed by atoms with van der Waals surface area (Å²) < 4.78 is 5.57. The van der Waals surface area contributed by atoms with Gasteiger partial charge >= 0.3 is 0 Å². The molecule has 5 aliphatic rings. The first kappa shape index (κ1) is 33.7. The molecule has 2 aliphatic heterocycles. The highest BCUT2D eigenvalue weighted by molar-refractivity contribution is 6.37. The Bertz CT molecular complexity index is 1380. The number of likely N-dealkylation sites (tertiary alicyclic amines) is 1. The Morgan fingerprint density at radius 2 is 1.74 bits per heavy atom. The molecule has 1 aromatic heterocycles. The molecule has 6 rings (SSSR count). The van der Waals surface area contributed by atoms with Gasteiger partial charge in [-0.25, -0.2) is 20.8 Å². The number of carbonyl (C=O) groups is 4. The van der Waals surface area contributed by atoms with Gasteiger partial charge in [-0.1, -0.05) is 60.3 Å². The maximum Gasteiger partial charge on any atom is 0.287 e. The van der Waals surface area contributed by atoms with Crippen LogP contribution in [0.3, 0.4) is 0 Å². The zero-order valence-electron chi connectivity index (χ0n) is 28.5. The second-order valence-electron chi connectivity index (χ2n) is 16.4. The van der Waals surface area contributed by atoms with Crippen molar-refractivity contribution in [2.24, 2.45) is 33.3 Å². The van der Waals surface area contributed by atoms with E-state index in [2.05, 4.69) is 45.3 Å². The van der Waals surface area contributed by atoms with Gasteiger partial charge in [0.05, 0.1) is 24.8 Å². The van der Waals surface area contributed by atoms with Crippen LogP contribution in [-0.4, -0.2) is 88.3 Å². The monoisotopic (exact) mass is 652 g/mol. The summed E-state index contributed by atoms with van der Waals surface area (Å²) in [5.74, 6) is -1.62. The Labute approximate surface area is 277 Å². The van der Waals surface area contributed by atoms with Gasteiger partial charge in [0.2, 0.25) is 23.5 Å². The fourth-order valence-corrected chi connectivity index (χ4v) is 9.04. The van der Waals surface area contributed by atoms with Gasteiger partial charge in [-0.15, -0.1) is 0 Å². The van der Waals surface area contributed by atoms with Crippen molar-refractivity contribution in [3.63, 3.8) is 0 Å². The van der Waals surface area contributed by atoms with Crippen molar-refractivity contribution in [3.8, 4) is 0 Å². The number of amides is 3. The smallest absolute Gasteiger partial charge is 0.287 e. The number of rotatable bonds is 13. The van der Waals surface area contributed by atoms with Crippen LogP contribution in [-0.2, 0) is 23.9 Å². The summed E-state index contributed by atoms with van der Waals surface area (Å²) in [6.45, 7) is 12.3. The van der Waals surface area contributed by atoms with E-state index >= 15 is 0 Å². The van der Waals surface area contributed by atoms with Crippen molar-refractivity contribution in [2.75, 3.05) is 31.6 Å². The molecule has 2 spiro atoms. The number of aromatic nitrogens is 2. The van der Waals surface area contributed by atoms with E-state index in [0.717, 1.165) is 38.5 Å². The molecule has 3 aliphatic carbocycles. The lowest BCUT2D eigenvalue weighted by atomic mass is 9.73. The van der Waals surface area contributed by atoms with E-state index in [-0.39, 0.29) is 34.0 Å². The number of hydrazine groups is 1. The van der Waals surface area contributed by atoms with Gasteiger partial charge in [-0.2, -0.15) is 0 Å². The number of ether oxygens (including phenoxy) is 1. The van der Waals surface area contributed by atoms with E-state index < -0.39 is 40.8 Å². The quantitative estimate of drug-likeness (QED) is 0.155. The molecular weight excluding hydrogens is 600 g/mol. The van der Waals surface area contributed by atoms with Gasteiger partial charge in [0, 0.05) is 30.9 Å². The molecule has 0 aromatic carbocycles. The van der Waals surface area contributed by atoms with Crippen molar-refractivity contribution >= 4 is 29.5 Å². The minimum absolute atomic E-state index is 0.0262. The highest BCUT2D eigenvalue weighted by Gasteiger charge is 2.85. The number of Topliss-reactive ketones (excluding diaryl/α,β-unsaturated/α-hetero) is 1. The second kappa shape index (κ2) is 12.1. The number of nitrogens with one attached hydrogen (secondary N) is 4. The molecular formula is C34H52N8O5. The third kappa shape index (κ3) is 5.71. The maximum atomic E-state index is 14.8. The van der Waals surface area contributed by atoms with Crippen LogP contribution in [0.2, 0.25) is 0 Å². The lowest BCUT2D eigenvalue weighted by molar-refractivity contribution is -0.145. The van der Waals surface area contributed by atoms with Crippen LogP contribution < -0.4 is 27.2 Å². The molecule has 258 valence electrons. The lowest BCUT2D eigenvalue weighted by Gasteiger charge is -2.45. The summed E-state index contributed by atoms with van der Waals surface area (Å²) in [6, 6.07) is -0.685. The SMILES string of the molecule is CC(C)(C)[C@H](NNC1(CNc2ncccn2)COC1)C(=O)N1C[C@]2(C[C@H]1C(=O)NC(CC1CCC1)C(=O)C(N)=O)C(C)(C)C21CCC1. The van der Waals surface area contributed by atoms with Crippen LogP contribution in [0.25, 0.3) is 0 Å². The summed E-state index contributed by atoms with van der Waals surface area (Å²) >= 11 is 0. The number of hydrogen-bond donors (Lipinski definition) is 5. The number of ketones is 1. The minimum Gasteiger partial charge on any atom is -0.377 e. The molecule has 6 N–H and O–H groups in total. The standard InChI is InChI=1S/C34H52N8O5/c1-30(2,3)25(40-41-32(19-47-20-32)17-38-29-36-13-8-14-37-29)28(46)42-18-34(31(4,5)33(34)11-7-12-33)16-23(42)27(45)39-22(24(43)26(35)44)15-21-9-6-10-21/h8,13-14,21-23,25,40-41H,6-7,9-12,15-20H2,1-5H3,(H2,35,44)(H,39,45)(H,36,37,38)/t22?,23-,25+,34+/m0/s1. The van der Waals surface area contributed by atoms with Crippen molar-refractivity contribution < 1.29 is 23.9 Å². The van der Waals surface area contributed by atoms with Gasteiger partial charge in [-0.05, 0) is 53.9 Å². The molecule has 13 heteroatoms. The van der Waals surface area contributed by atoms with Crippen molar-refractivity contribution in [2.45, 2.75) is 110 Å². The third-order valence-corrected chi connectivity index (χ3v) is 12.6. The fraction of sp³-hybridized carbons (Fsp3) is 0.765. The van der Waals surface area contributed by atoms with Crippen LogP contribution in [0.1, 0.15) is 86.0 Å². The Morgan fingerprint density at radius 3 is 2.23 bits per heavy atom. The number of fused-ring (bicyclic) bond motifs is 1. The zero-order valence-corrected chi connectivity index (χ0v) is 28.5. The predicted octanol–water partition coefficient (Wildman–Crippen LogP) is 1.69. The molecule has 3 saturated carbocycles. The van der Waals surface area contributed by atoms with Crippen LogP contribution in [0.15, 0.2) is 18.5 Å². The van der Waals surface area contributed by atoms with Gasteiger partial charge in [-0.3, -0.25) is 19.2 Å². The van der Waals surface area contributed by atoms with E-state index in [1.165, 1.54) is 0 Å². The van der Waals surface area contributed by atoms with Gasteiger partial charge in [0.15, 0.2) is 0 Å². The third-order valence-electron chi connectivity index (χ3n) is 12.6. The number of primary amides is 1. The first-order chi connectivity index (χ1) is 22.2. The molecule has 0 bridgehead atoms. The molecule has 47 heavy (non-hydrogen) atoms. The number of nitrogens with two attached hydrogens (primary N) is 1. The van der Waals surface area contributed by atoms with E-state index in [1.807, 2.05) is 20.8 Å². The number of hydrogen-bond acceptors (Lipinski definition) is 10. The Morgan fingerprint density at radius 1 is 1.06 bits per heavy atom.